The van der Waals surface area contributed by atoms with Crippen molar-refractivity contribution in [1.82, 2.24) is 15.3 Å². The summed E-state index contributed by atoms with van der Waals surface area (Å²) in [4.78, 5) is 22.1. The number of nitro benzene ring substituents is 1. The van der Waals surface area contributed by atoms with Gasteiger partial charge in [-0.1, -0.05) is 29.8 Å². The monoisotopic (exact) mass is 378 g/mol. The van der Waals surface area contributed by atoms with Crippen LogP contribution in [0.25, 0.3) is 10.9 Å². The van der Waals surface area contributed by atoms with Crippen molar-refractivity contribution >= 4 is 28.1 Å². The molecule has 0 spiro atoms. The summed E-state index contributed by atoms with van der Waals surface area (Å²) in [5, 5.41) is 18.9. The van der Waals surface area contributed by atoms with Crippen molar-refractivity contribution < 1.29 is 4.92 Å². The van der Waals surface area contributed by atoms with Gasteiger partial charge in [-0.3, -0.25) is 10.1 Å². The molecule has 8 nitrogen and oxygen atoms in total. The summed E-state index contributed by atoms with van der Waals surface area (Å²) >= 11 is 0. The van der Waals surface area contributed by atoms with E-state index in [1.165, 1.54) is 11.9 Å². The molecule has 1 saturated heterocycles. The molecular formula is C20H22N6O2. The average molecular weight is 378 g/mol. The van der Waals surface area contributed by atoms with Crippen LogP contribution in [-0.2, 0) is 6.54 Å². The highest BCUT2D eigenvalue weighted by Gasteiger charge is 2.23. The van der Waals surface area contributed by atoms with Crippen LogP contribution in [0.1, 0.15) is 11.1 Å². The van der Waals surface area contributed by atoms with Crippen LogP contribution < -0.4 is 15.5 Å². The van der Waals surface area contributed by atoms with E-state index in [1.807, 2.05) is 11.8 Å². The van der Waals surface area contributed by atoms with Gasteiger partial charge in [-0.2, -0.15) is 0 Å². The first-order chi connectivity index (χ1) is 13.6. The Morgan fingerprint density at radius 1 is 1.18 bits per heavy atom. The molecule has 0 bridgehead atoms. The molecule has 2 aromatic carbocycles. The van der Waals surface area contributed by atoms with Crippen molar-refractivity contribution in [3.05, 3.63) is 64.0 Å². The summed E-state index contributed by atoms with van der Waals surface area (Å²) in [6, 6.07) is 11.6. The first-order valence-electron chi connectivity index (χ1n) is 9.30. The van der Waals surface area contributed by atoms with Gasteiger partial charge in [0.2, 0.25) is 0 Å². The maximum absolute atomic E-state index is 11.7. The second-order valence-electron chi connectivity index (χ2n) is 6.91. The number of nitrogens with zero attached hydrogens (tertiary/aromatic N) is 4. The summed E-state index contributed by atoms with van der Waals surface area (Å²) in [7, 11) is 0. The Morgan fingerprint density at radius 2 is 1.93 bits per heavy atom. The Kier molecular flexibility index (Phi) is 5.03. The van der Waals surface area contributed by atoms with Crippen LogP contribution in [-0.4, -0.2) is 41.1 Å². The van der Waals surface area contributed by atoms with E-state index < -0.39 is 0 Å². The second kappa shape index (κ2) is 7.77. The molecule has 2 N–H and O–H groups in total. The normalized spacial score (nSPS) is 14.2. The molecule has 28 heavy (non-hydrogen) atoms. The lowest BCUT2D eigenvalue weighted by Crippen LogP contribution is -2.43. The molecule has 4 rings (SSSR count). The summed E-state index contributed by atoms with van der Waals surface area (Å²) < 4.78 is 0. The number of piperazine rings is 1. The van der Waals surface area contributed by atoms with Crippen molar-refractivity contribution in [2.45, 2.75) is 13.5 Å². The standard InChI is InChI=1S/C20H22N6O2/c1-14-2-4-15(5-3-14)12-22-20-16-10-19(26(27)28)18(11-17(16)23-13-24-20)25-8-6-21-7-9-25/h2-5,10-11,13,21H,6-9,12H2,1H3,(H,22,23,24). The molecule has 1 fully saturated rings. The molecule has 0 aliphatic carbocycles. The lowest BCUT2D eigenvalue weighted by molar-refractivity contribution is -0.384. The van der Waals surface area contributed by atoms with Crippen molar-refractivity contribution in [2.75, 3.05) is 36.4 Å². The first kappa shape index (κ1) is 18.1. The number of benzene rings is 2. The summed E-state index contributed by atoms with van der Waals surface area (Å²) in [5.41, 5.74) is 3.71. The van der Waals surface area contributed by atoms with Crippen LogP contribution in [0.3, 0.4) is 0 Å². The molecule has 1 aliphatic heterocycles. The van der Waals surface area contributed by atoms with Crippen molar-refractivity contribution in [3.8, 4) is 0 Å². The van der Waals surface area contributed by atoms with Crippen LogP contribution in [0.2, 0.25) is 0 Å². The van der Waals surface area contributed by atoms with Crippen molar-refractivity contribution in [1.29, 1.82) is 0 Å². The second-order valence-corrected chi connectivity index (χ2v) is 6.91. The number of hydrogen-bond acceptors (Lipinski definition) is 7. The highest BCUT2D eigenvalue weighted by Crippen LogP contribution is 2.34. The predicted molar refractivity (Wildman–Crippen MR) is 110 cm³/mol. The van der Waals surface area contributed by atoms with E-state index in [2.05, 4.69) is 44.9 Å². The summed E-state index contributed by atoms with van der Waals surface area (Å²) in [5.74, 6) is 0.598. The summed E-state index contributed by atoms with van der Waals surface area (Å²) in [6.45, 7) is 5.71. The SMILES string of the molecule is Cc1ccc(CNc2ncnc3cc(N4CCNCC4)c([N+](=O)[O-])cc23)cc1. The van der Waals surface area contributed by atoms with Gasteiger partial charge in [0.25, 0.3) is 5.69 Å². The van der Waals surface area contributed by atoms with E-state index in [9.17, 15) is 10.1 Å². The lowest BCUT2D eigenvalue weighted by Gasteiger charge is -2.29. The van der Waals surface area contributed by atoms with Crippen LogP contribution >= 0.6 is 0 Å². The van der Waals surface area contributed by atoms with Gasteiger partial charge < -0.3 is 15.5 Å². The molecule has 0 radical (unpaired) electrons. The van der Waals surface area contributed by atoms with Gasteiger partial charge in [0.1, 0.15) is 17.8 Å². The Bertz CT molecular complexity index is 999. The highest BCUT2D eigenvalue weighted by atomic mass is 16.6. The molecule has 2 heterocycles. The summed E-state index contributed by atoms with van der Waals surface area (Å²) in [6.07, 6.45) is 1.49. The fraction of sp³-hybridized carbons (Fsp3) is 0.300. The van der Waals surface area contributed by atoms with Gasteiger partial charge >= 0.3 is 0 Å². The zero-order valence-corrected chi connectivity index (χ0v) is 15.7. The van der Waals surface area contributed by atoms with E-state index in [0.29, 0.717) is 29.0 Å². The Balaban J connectivity index is 1.69. The number of aryl methyl sites for hydroxylation is 1. The number of fused-ring (bicyclic) bond motifs is 1. The molecule has 1 aliphatic rings. The zero-order valence-electron chi connectivity index (χ0n) is 15.7. The molecule has 0 atom stereocenters. The lowest BCUT2D eigenvalue weighted by atomic mass is 10.1. The fourth-order valence-electron chi connectivity index (χ4n) is 3.42. The predicted octanol–water partition coefficient (Wildman–Crippen LogP) is 2.87. The highest BCUT2D eigenvalue weighted by molar-refractivity contribution is 5.94. The zero-order chi connectivity index (χ0) is 19.5. The number of aromatic nitrogens is 2. The quantitative estimate of drug-likeness (QED) is 0.520. The third-order valence-electron chi connectivity index (χ3n) is 4.97. The topological polar surface area (TPSA) is 96.2 Å². The third kappa shape index (κ3) is 3.72. The average Bonchev–Trinajstić information content (AvgIpc) is 2.73. The van der Waals surface area contributed by atoms with Gasteiger partial charge in [0.05, 0.1) is 10.4 Å². The van der Waals surface area contributed by atoms with Crippen LogP contribution in [0, 0.1) is 17.0 Å². The van der Waals surface area contributed by atoms with E-state index >= 15 is 0 Å². The number of nitro groups is 1. The van der Waals surface area contributed by atoms with Crippen molar-refractivity contribution in [3.63, 3.8) is 0 Å². The Hall–Kier alpha value is -3.26. The number of hydrogen-bond donors (Lipinski definition) is 2. The number of anilines is 2. The van der Waals surface area contributed by atoms with Gasteiger partial charge in [-0.15, -0.1) is 0 Å². The van der Waals surface area contributed by atoms with E-state index in [4.69, 9.17) is 0 Å². The molecule has 0 amide bonds. The van der Waals surface area contributed by atoms with Gasteiger partial charge in [-0.05, 0) is 18.6 Å². The number of rotatable bonds is 5. The maximum atomic E-state index is 11.7. The minimum Gasteiger partial charge on any atom is -0.365 e. The van der Waals surface area contributed by atoms with E-state index in [-0.39, 0.29) is 10.6 Å². The minimum absolute atomic E-state index is 0.0857. The van der Waals surface area contributed by atoms with Gasteiger partial charge in [0, 0.05) is 44.2 Å². The van der Waals surface area contributed by atoms with Crippen LogP contribution in [0.15, 0.2) is 42.7 Å². The molecule has 3 aromatic rings. The fourth-order valence-corrected chi connectivity index (χ4v) is 3.42. The molecule has 0 saturated carbocycles. The smallest absolute Gasteiger partial charge is 0.293 e. The molecule has 1 aromatic heterocycles. The molecule has 0 unspecified atom stereocenters. The molecule has 8 heteroatoms. The largest absolute Gasteiger partial charge is 0.365 e. The van der Waals surface area contributed by atoms with Crippen LogP contribution in [0.4, 0.5) is 17.2 Å². The Labute approximate surface area is 162 Å². The van der Waals surface area contributed by atoms with E-state index in [0.717, 1.165) is 31.7 Å². The third-order valence-corrected chi connectivity index (χ3v) is 4.97. The Morgan fingerprint density at radius 3 is 2.64 bits per heavy atom. The maximum Gasteiger partial charge on any atom is 0.293 e. The van der Waals surface area contributed by atoms with E-state index in [1.54, 1.807) is 12.1 Å². The molecular weight excluding hydrogens is 356 g/mol. The minimum atomic E-state index is -0.326. The van der Waals surface area contributed by atoms with Gasteiger partial charge in [-0.25, -0.2) is 9.97 Å². The van der Waals surface area contributed by atoms with Gasteiger partial charge in [0.15, 0.2) is 0 Å². The number of nitrogens with one attached hydrogen (secondary N) is 2. The van der Waals surface area contributed by atoms with Crippen LogP contribution in [0.5, 0.6) is 0 Å². The first-order valence-corrected chi connectivity index (χ1v) is 9.30. The van der Waals surface area contributed by atoms with Crippen molar-refractivity contribution in [2.24, 2.45) is 0 Å². The molecule has 144 valence electrons.